The van der Waals surface area contributed by atoms with E-state index in [9.17, 15) is 4.79 Å². The second-order valence-electron chi connectivity index (χ2n) is 9.22. The van der Waals surface area contributed by atoms with Crippen LogP contribution in [-0.2, 0) is 4.74 Å². The molecular formula is C28H27N3O3. The van der Waals surface area contributed by atoms with Gasteiger partial charge in [-0.15, -0.1) is 0 Å². The maximum Gasteiger partial charge on any atom is 0.410 e. The highest BCUT2D eigenvalue weighted by Crippen LogP contribution is 2.45. The number of fused-ring (bicyclic) bond motifs is 5. The van der Waals surface area contributed by atoms with E-state index in [-0.39, 0.29) is 24.1 Å². The first kappa shape index (κ1) is 20.9. The monoisotopic (exact) mass is 453 g/mol. The van der Waals surface area contributed by atoms with Gasteiger partial charge in [-0.2, -0.15) is 0 Å². The molecule has 34 heavy (non-hydrogen) atoms. The van der Waals surface area contributed by atoms with Crippen LogP contribution in [0.3, 0.4) is 0 Å². The van der Waals surface area contributed by atoms with Crippen LogP contribution in [0.2, 0.25) is 0 Å². The van der Waals surface area contributed by atoms with Crippen molar-refractivity contribution >= 4 is 11.7 Å². The summed E-state index contributed by atoms with van der Waals surface area (Å²) < 4.78 is 11.1. The number of carbonyl (C=O) groups excluding carboxylic acids is 1. The van der Waals surface area contributed by atoms with Crippen molar-refractivity contribution in [3.63, 3.8) is 0 Å². The second-order valence-corrected chi connectivity index (χ2v) is 9.22. The molecule has 1 amide bonds. The zero-order chi connectivity index (χ0) is 23.1. The molecule has 3 aromatic rings. The van der Waals surface area contributed by atoms with Crippen LogP contribution in [0.25, 0.3) is 16.7 Å². The van der Waals surface area contributed by atoms with Crippen molar-refractivity contribution in [3.05, 3.63) is 83.7 Å². The Labute approximate surface area is 199 Å². The number of nitrogens with zero attached hydrogens (tertiary/aromatic N) is 3. The molecule has 6 rings (SSSR count). The Hall–Kier alpha value is -3.67. The molecular weight excluding hydrogens is 426 g/mol. The summed E-state index contributed by atoms with van der Waals surface area (Å²) in [5.41, 5.74) is 7.13. The summed E-state index contributed by atoms with van der Waals surface area (Å²) >= 11 is 0. The quantitative estimate of drug-likeness (QED) is 0.526. The third-order valence-electron chi connectivity index (χ3n) is 7.37. The van der Waals surface area contributed by atoms with Crippen molar-refractivity contribution in [2.24, 2.45) is 0 Å². The molecule has 3 aliphatic rings. The number of aromatic nitrogens is 2. The van der Waals surface area contributed by atoms with E-state index in [0.29, 0.717) is 12.6 Å². The van der Waals surface area contributed by atoms with Crippen molar-refractivity contribution in [1.82, 2.24) is 14.9 Å². The van der Waals surface area contributed by atoms with Gasteiger partial charge in [0.25, 0.3) is 0 Å². The van der Waals surface area contributed by atoms with Gasteiger partial charge in [-0.3, -0.25) is 4.90 Å². The summed E-state index contributed by atoms with van der Waals surface area (Å²) in [6, 6.07) is 17.4. The molecule has 0 N–H and O–H groups in total. The average Bonchev–Trinajstić information content (AvgIpc) is 3.20. The van der Waals surface area contributed by atoms with Crippen molar-refractivity contribution in [2.75, 3.05) is 13.7 Å². The van der Waals surface area contributed by atoms with Gasteiger partial charge in [-0.1, -0.05) is 54.6 Å². The molecule has 1 fully saturated rings. The molecule has 2 aromatic carbocycles. The van der Waals surface area contributed by atoms with Gasteiger partial charge in [-0.25, -0.2) is 14.8 Å². The lowest BCUT2D eigenvalue weighted by Gasteiger charge is -2.44. The van der Waals surface area contributed by atoms with Gasteiger partial charge in [0.1, 0.15) is 6.61 Å². The fraction of sp³-hybridized carbons (Fsp3) is 0.321. The Morgan fingerprint density at radius 2 is 1.68 bits per heavy atom. The summed E-state index contributed by atoms with van der Waals surface area (Å²) in [7, 11) is 1.56. The molecule has 3 heterocycles. The van der Waals surface area contributed by atoms with Crippen LogP contribution in [0.1, 0.15) is 48.3 Å². The van der Waals surface area contributed by atoms with Gasteiger partial charge >= 0.3 is 12.1 Å². The van der Waals surface area contributed by atoms with Crippen molar-refractivity contribution < 1.29 is 14.3 Å². The molecule has 0 spiro atoms. The lowest BCUT2D eigenvalue weighted by Crippen LogP contribution is -2.51. The number of piperidine rings is 1. The highest BCUT2D eigenvalue weighted by Gasteiger charge is 2.39. The second kappa shape index (κ2) is 8.60. The minimum atomic E-state index is -0.210. The Balaban J connectivity index is 1.20. The Kier molecular flexibility index (Phi) is 5.28. The maximum atomic E-state index is 13.4. The average molecular weight is 454 g/mol. The van der Waals surface area contributed by atoms with Gasteiger partial charge in [0.2, 0.25) is 0 Å². The number of benzene rings is 2. The van der Waals surface area contributed by atoms with E-state index in [1.165, 1.54) is 27.8 Å². The van der Waals surface area contributed by atoms with Gasteiger partial charge in [-0.05, 0) is 53.5 Å². The van der Waals surface area contributed by atoms with Crippen LogP contribution in [0.4, 0.5) is 4.79 Å². The van der Waals surface area contributed by atoms with Crippen LogP contribution in [0.5, 0.6) is 6.01 Å². The minimum Gasteiger partial charge on any atom is -0.467 e. The molecule has 0 radical (unpaired) electrons. The molecule has 0 saturated carbocycles. The number of amides is 1. The summed E-state index contributed by atoms with van der Waals surface area (Å²) in [6.07, 6.45) is 9.42. The normalized spacial score (nSPS) is 20.9. The van der Waals surface area contributed by atoms with E-state index in [2.05, 4.69) is 64.6 Å². The predicted octanol–water partition coefficient (Wildman–Crippen LogP) is 5.44. The standard InChI is InChI=1S/C28H27N3O3/c1-33-27-29-15-19(16-30-27)18-13-20-7-6-8-21(14-18)31(20)28(32)34-17-26-24-11-4-2-9-22(24)23-10-3-5-12-25(23)26/h2-5,9-13,15-16,20-21,26H,6-8,14,17H2,1H3. The van der Waals surface area contributed by atoms with E-state index in [0.717, 1.165) is 31.2 Å². The van der Waals surface area contributed by atoms with Gasteiger partial charge in [0, 0.05) is 29.9 Å². The molecule has 1 aromatic heterocycles. The zero-order valence-electron chi connectivity index (χ0n) is 19.2. The fourth-order valence-corrected chi connectivity index (χ4v) is 5.78. The first-order valence-electron chi connectivity index (χ1n) is 11.9. The highest BCUT2D eigenvalue weighted by atomic mass is 16.6. The van der Waals surface area contributed by atoms with Crippen LogP contribution < -0.4 is 4.74 Å². The number of rotatable bonds is 4. The van der Waals surface area contributed by atoms with Crippen LogP contribution in [0.15, 0.2) is 67.0 Å². The number of methoxy groups -OCH3 is 1. The largest absolute Gasteiger partial charge is 0.467 e. The minimum absolute atomic E-state index is 0.0419. The molecule has 6 heteroatoms. The maximum absolute atomic E-state index is 13.4. The summed E-state index contributed by atoms with van der Waals surface area (Å²) in [6.45, 7) is 0.353. The molecule has 2 atom stereocenters. The van der Waals surface area contributed by atoms with Gasteiger partial charge in [0.05, 0.1) is 13.2 Å². The fourth-order valence-electron chi connectivity index (χ4n) is 5.78. The lowest BCUT2D eigenvalue weighted by atomic mass is 9.83. The highest BCUT2D eigenvalue weighted by molar-refractivity contribution is 5.79. The lowest BCUT2D eigenvalue weighted by molar-refractivity contribution is 0.0539. The molecule has 2 aliphatic heterocycles. The topological polar surface area (TPSA) is 64.5 Å². The smallest absolute Gasteiger partial charge is 0.410 e. The van der Waals surface area contributed by atoms with E-state index < -0.39 is 0 Å². The van der Waals surface area contributed by atoms with Crippen molar-refractivity contribution in [3.8, 4) is 17.1 Å². The van der Waals surface area contributed by atoms with Gasteiger partial charge in [0.15, 0.2) is 0 Å². The van der Waals surface area contributed by atoms with E-state index in [1.54, 1.807) is 19.5 Å². The third kappa shape index (κ3) is 3.54. The molecule has 1 saturated heterocycles. The Morgan fingerprint density at radius 1 is 1.00 bits per heavy atom. The Morgan fingerprint density at radius 3 is 2.32 bits per heavy atom. The van der Waals surface area contributed by atoms with Gasteiger partial charge < -0.3 is 9.47 Å². The molecule has 1 aliphatic carbocycles. The summed E-state index contributed by atoms with van der Waals surface area (Å²) in [5, 5.41) is 0. The SMILES string of the molecule is COc1ncc(C2=CC3CCCC(C2)N3C(=O)OCC2c3ccccc3-c3ccccc32)cn1. The summed E-state index contributed by atoms with van der Waals surface area (Å²) in [4.78, 5) is 23.8. The number of hydrogen-bond acceptors (Lipinski definition) is 5. The zero-order valence-corrected chi connectivity index (χ0v) is 19.2. The first-order chi connectivity index (χ1) is 16.7. The predicted molar refractivity (Wildman–Crippen MR) is 130 cm³/mol. The number of carbonyl (C=O) groups is 1. The van der Waals surface area contributed by atoms with Crippen molar-refractivity contribution in [2.45, 2.75) is 43.7 Å². The van der Waals surface area contributed by atoms with E-state index >= 15 is 0 Å². The number of hydrogen-bond donors (Lipinski definition) is 0. The van der Waals surface area contributed by atoms with Crippen molar-refractivity contribution in [1.29, 1.82) is 0 Å². The molecule has 172 valence electrons. The third-order valence-corrected chi connectivity index (χ3v) is 7.37. The van der Waals surface area contributed by atoms with Crippen LogP contribution >= 0.6 is 0 Å². The first-order valence-corrected chi connectivity index (χ1v) is 11.9. The molecule has 6 nitrogen and oxygen atoms in total. The summed E-state index contributed by atoms with van der Waals surface area (Å²) in [5.74, 6) is 0.0727. The van der Waals surface area contributed by atoms with Crippen LogP contribution in [0, 0.1) is 0 Å². The van der Waals surface area contributed by atoms with E-state index in [4.69, 9.17) is 9.47 Å². The number of ether oxygens (including phenoxy) is 2. The Bertz CT molecular complexity index is 1210. The van der Waals surface area contributed by atoms with Crippen LogP contribution in [-0.4, -0.2) is 46.8 Å². The molecule has 2 unspecified atom stereocenters. The van der Waals surface area contributed by atoms with E-state index in [1.807, 2.05) is 4.90 Å². The molecule has 2 bridgehead atoms.